The average Bonchev–Trinajstić information content (AvgIpc) is 2.66. The van der Waals surface area contributed by atoms with Gasteiger partial charge >= 0.3 is 0 Å². The van der Waals surface area contributed by atoms with Gasteiger partial charge in [-0.25, -0.2) is 0 Å². The van der Waals surface area contributed by atoms with Crippen LogP contribution in [0.5, 0.6) is 5.75 Å². The van der Waals surface area contributed by atoms with Gasteiger partial charge in [-0.3, -0.25) is 15.6 Å². The molecule has 0 atom stereocenters. The monoisotopic (exact) mass is 383 g/mol. The van der Waals surface area contributed by atoms with E-state index in [2.05, 4.69) is 30.0 Å². The topological polar surface area (TPSA) is 62.4 Å². The molecule has 0 aliphatic rings. The van der Waals surface area contributed by atoms with Crippen molar-refractivity contribution in [1.29, 1.82) is 0 Å². The molecule has 2 rings (SSSR count). The number of thiocarbonyl (C=S) groups is 1. The molecule has 0 aliphatic carbocycles. The van der Waals surface area contributed by atoms with E-state index in [0.717, 1.165) is 17.0 Å². The van der Waals surface area contributed by atoms with Gasteiger partial charge in [0.25, 0.3) is 5.91 Å². The molecule has 0 saturated heterocycles. The number of rotatable bonds is 6. The third-order valence-electron chi connectivity index (χ3n) is 3.75. The largest absolute Gasteiger partial charge is 0.494 e. The van der Waals surface area contributed by atoms with Gasteiger partial charge in [0.2, 0.25) is 0 Å². The van der Waals surface area contributed by atoms with E-state index in [0.29, 0.717) is 17.6 Å². The van der Waals surface area contributed by atoms with Crippen LogP contribution in [-0.4, -0.2) is 17.6 Å². The highest BCUT2D eigenvalue weighted by molar-refractivity contribution is 7.80. The molecule has 27 heavy (non-hydrogen) atoms. The fourth-order valence-corrected chi connectivity index (χ4v) is 2.46. The molecule has 0 spiro atoms. The predicted octanol–water partition coefficient (Wildman–Crippen LogP) is 4.24. The number of carbonyl (C=O) groups excluding carboxylic acids is 1. The Morgan fingerprint density at radius 3 is 2.33 bits per heavy atom. The molecule has 5 nitrogen and oxygen atoms in total. The first-order valence-corrected chi connectivity index (χ1v) is 9.26. The van der Waals surface area contributed by atoms with E-state index in [1.807, 2.05) is 55.5 Å². The smallest absolute Gasteiger partial charge is 0.262 e. The van der Waals surface area contributed by atoms with Crippen molar-refractivity contribution in [3.63, 3.8) is 0 Å². The van der Waals surface area contributed by atoms with E-state index in [1.54, 1.807) is 6.08 Å². The Balaban J connectivity index is 1.77. The van der Waals surface area contributed by atoms with Crippen molar-refractivity contribution in [2.45, 2.75) is 26.7 Å². The van der Waals surface area contributed by atoms with Crippen LogP contribution in [0.4, 0.5) is 5.69 Å². The maximum atomic E-state index is 11.9. The Bertz CT molecular complexity index is 784. The molecule has 0 unspecified atom stereocenters. The second-order valence-electron chi connectivity index (χ2n) is 6.18. The van der Waals surface area contributed by atoms with Gasteiger partial charge in [-0.15, -0.1) is 0 Å². The van der Waals surface area contributed by atoms with Crippen molar-refractivity contribution >= 4 is 35.0 Å². The zero-order valence-electron chi connectivity index (χ0n) is 15.8. The maximum Gasteiger partial charge on any atom is 0.262 e. The third-order valence-corrected chi connectivity index (χ3v) is 3.96. The number of nitrogens with one attached hydrogen (secondary N) is 3. The lowest BCUT2D eigenvalue weighted by molar-refractivity contribution is -0.116. The van der Waals surface area contributed by atoms with Gasteiger partial charge in [0.15, 0.2) is 5.11 Å². The Morgan fingerprint density at radius 2 is 1.74 bits per heavy atom. The van der Waals surface area contributed by atoms with Crippen LogP contribution >= 0.6 is 12.2 Å². The Kier molecular flexibility index (Phi) is 7.82. The fraction of sp³-hybridized carbons (Fsp3) is 0.238. The van der Waals surface area contributed by atoms with Crippen molar-refractivity contribution in [2.24, 2.45) is 0 Å². The molecule has 2 aromatic rings. The molecule has 0 fully saturated rings. The lowest BCUT2D eigenvalue weighted by atomic mass is 10.0. The highest BCUT2D eigenvalue weighted by atomic mass is 32.1. The van der Waals surface area contributed by atoms with Crippen LogP contribution in [0, 0.1) is 0 Å². The molecule has 0 heterocycles. The molecule has 3 N–H and O–H groups in total. The van der Waals surface area contributed by atoms with Crippen molar-refractivity contribution in [1.82, 2.24) is 10.9 Å². The summed E-state index contributed by atoms with van der Waals surface area (Å²) in [4.78, 5) is 11.9. The van der Waals surface area contributed by atoms with Gasteiger partial charge in [0.1, 0.15) is 5.75 Å². The molecular formula is C21H25N3O2S. The second-order valence-corrected chi connectivity index (χ2v) is 6.59. The van der Waals surface area contributed by atoms with Crippen LogP contribution in [0.2, 0.25) is 0 Å². The van der Waals surface area contributed by atoms with Gasteiger partial charge in [-0.05, 0) is 66.5 Å². The first-order chi connectivity index (χ1) is 13.0. The lowest BCUT2D eigenvalue weighted by Crippen LogP contribution is -2.43. The first kappa shape index (κ1) is 20.5. The van der Waals surface area contributed by atoms with E-state index < -0.39 is 0 Å². The standard InChI is InChI=1S/C21H25N3O2S/c1-4-26-19-12-5-16(6-13-19)7-14-20(25)23-24-21(27)22-18-10-8-17(9-11-18)15(2)3/h5-15H,4H2,1-3H3,(H,23,25)(H2,22,24,27)/b14-7+. The van der Waals surface area contributed by atoms with Crippen molar-refractivity contribution < 1.29 is 9.53 Å². The number of benzene rings is 2. The number of ether oxygens (including phenoxy) is 1. The quantitative estimate of drug-likeness (QED) is 0.396. The summed E-state index contributed by atoms with van der Waals surface area (Å²) in [5.74, 6) is 0.979. The van der Waals surface area contributed by atoms with Crippen molar-refractivity contribution in [3.8, 4) is 5.75 Å². The zero-order chi connectivity index (χ0) is 19.6. The minimum atomic E-state index is -0.303. The van der Waals surface area contributed by atoms with E-state index in [-0.39, 0.29) is 5.91 Å². The summed E-state index contributed by atoms with van der Waals surface area (Å²) < 4.78 is 5.38. The first-order valence-electron chi connectivity index (χ1n) is 8.85. The molecule has 2 aromatic carbocycles. The molecule has 0 aliphatic heterocycles. The highest BCUT2D eigenvalue weighted by Gasteiger charge is 2.02. The number of hydrogen-bond acceptors (Lipinski definition) is 3. The predicted molar refractivity (Wildman–Crippen MR) is 115 cm³/mol. The van der Waals surface area contributed by atoms with Gasteiger partial charge in [-0.1, -0.05) is 38.1 Å². The summed E-state index contributed by atoms with van der Waals surface area (Å²) in [6.07, 6.45) is 3.15. The van der Waals surface area contributed by atoms with E-state index in [9.17, 15) is 4.79 Å². The molecule has 0 radical (unpaired) electrons. The van der Waals surface area contributed by atoms with Crippen LogP contribution in [-0.2, 0) is 4.79 Å². The molecule has 1 amide bonds. The molecule has 0 saturated carbocycles. The van der Waals surface area contributed by atoms with E-state index >= 15 is 0 Å². The Labute approximate surface area is 165 Å². The van der Waals surface area contributed by atoms with Gasteiger partial charge in [0.05, 0.1) is 6.61 Å². The molecule has 0 aromatic heterocycles. The number of carbonyl (C=O) groups is 1. The fourth-order valence-electron chi connectivity index (χ4n) is 2.29. The maximum absolute atomic E-state index is 11.9. The summed E-state index contributed by atoms with van der Waals surface area (Å²) in [6, 6.07) is 15.5. The number of hydrazine groups is 1. The minimum Gasteiger partial charge on any atom is -0.494 e. The van der Waals surface area contributed by atoms with Crippen molar-refractivity contribution in [3.05, 3.63) is 65.7 Å². The number of amides is 1. The SMILES string of the molecule is CCOc1ccc(/C=C/C(=O)NNC(=S)Nc2ccc(C(C)C)cc2)cc1. The summed E-state index contributed by atoms with van der Waals surface area (Å²) in [5, 5.41) is 3.34. The highest BCUT2D eigenvalue weighted by Crippen LogP contribution is 2.17. The van der Waals surface area contributed by atoms with Gasteiger partial charge in [0, 0.05) is 11.8 Å². The molecular weight excluding hydrogens is 358 g/mol. The van der Waals surface area contributed by atoms with E-state index in [1.165, 1.54) is 11.6 Å². The van der Waals surface area contributed by atoms with Crippen molar-refractivity contribution in [2.75, 3.05) is 11.9 Å². The minimum absolute atomic E-state index is 0.303. The zero-order valence-corrected chi connectivity index (χ0v) is 16.6. The van der Waals surface area contributed by atoms with Crippen LogP contribution in [0.1, 0.15) is 37.8 Å². The average molecular weight is 384 g/mol. The van der Waals surface area contributed by atoms with Crippen LogP contribution in [0.25, 0.3) is 6.08 Å². The summed E-state index contributed by atoms with van der Waals surface area (Å²) in [6.45, 7) is 6.85. The van der Waals surface area contributed by atoms with Gasteiger partial charge < -0.3 is 10.1 Å². The summed E-state index contributed by atoms with van der Waals surface area (Å²) >= 11 is 5.18. The summed E-state index contributed by atoms with van der Waals surface area (Å²) in [5.41, 5.74) is 8.23. The normalized spacial score (nSPS) is 10.7. The number of anilines is 1. The molecule has 0 bridgehead atoms. The Morgan fingerprint density at radius 1 is 1.07 bits per heavy atom. The summed E-state index contributed by atoms with van der Waals surface area (Å²) in [7, 11) is 0. The Hall–Kier alpha value is -2.86. The van der Waals surface area contributed by atoms with E-state index in [4.69, 9.17) is 17.0 Å². The van der Waals surface area contributed by atoms with Crippen LogP contribution in [0.3, 0.4) is 0 Å². The van der Waals surface area contributed by atoms with Crippen LogP contribution < -0.4 is 20.9 Å². The third kappa shape index (κ3) is 7.11. The second kappa shape index (κ2) is 10.3. The van der Waals surface area contributed by atoms with Crippen LogP contribution in [0.15, 0.2) is 54.6 Å². The lowest BCUT2D eigenvalue weighted by Gasteiger charge is -2.11. The number of hydrogen-bond donors (Lipinski definition) is 3. The molecule has 142 valence electrons. The molecule has 6 heteroatoms. The van der Waals surface area contributed by atoms with Gasteiger partial charge in [-0.2, -0.15) is 0 Å².